The number of rotatable bonds is 7. The lowest BCUT2D eigenvalue weighted by Gasteiger charge is -2.30. The van der Waals surface area contributed by atoms with Gasteiger partial charge in [0.15, 0.2) is 0 Å². The Hall–Kier alpha value is -1.55. The third-order valence-corrected chi connectivity index (χ3v) is 4.59. The molecule has 1 amide bonds. The van der Waals surface area contributed by atoms with Crippen molar-refractivity contribution in [1.29, 1.82) is 0 Å². The summed E-state index contributed by atoms with van der Waals surface area (Å²) in [5, 5.41) is 3.56. The minimum absolute atomic E-state index is 0.149. The predicted octanol–water partition coefficient (Wildman–Crippen LogP) is 3.60. The molecular formula is C18H28N2O2. The summed E-state index contributed by atoms with van der Waals surface area (Å²) in [6.07, 6.45) is 6.71. The standard InChI is InChI=1S/C18H28N2O2/c1-14(22-18(19)21)17(12-15-8-4-2-5-9-15)20-13-16-10-6-3-7-11-16/h3,6-7,10-11,14-15,17,20H,2,4-5,8-9,12-13H2,1H3,(H2,19,21)/t14-,17-/m0/s1. The Bertz CT molecular complexity index is 444. The van der Waals surface area contributed by atoms with Gasteiger partial charge in [-0.25, -0.2) is 4.79 Å². The Morgan fingerprint density at radius 2 is 1.95 bits per heavy atom. The first kappa shape index (κ1) is 16.8. The molecule has 22 heavy (non-hydrogen) atoms. The lowest BCUT2D eigenvalue weighted by atomic mass is 9.84. The van der Waals surface area contributed by atoms with E-state index in [1.165, 1.54) is 37.7 Å². The summed E-state index contributed by atoms with van der Waals surface area (Å²) in [6, 6.07) is 10.4. The Labute approximate surface area is 133 Å². The topological polar surface area (TPSA) is 64.3 Å². The van der Waals surface area contributed by atoms with Crippen LogP contribution in [0.1, 0.15) is 51.0 Å². The zero-order valence-corrected chi connectivity index (χ0v) is 13.5. The first-order valence-electron chi connectivity index (χ1n) is 8.38. The molecule has 0 radical (unpaired) electrons. The number of carbonyl (C=O) groups is 1. The fourth-order valence-electron chi connectivity index (χ4n) is 3.33. The molecule has 1 aromatic carbocycles. The summed E-state index contributed by atoms with van der Waals surface area (Å²) in [4.78, 5) is 11.1. The second kappa shape index (κ2) is 8.79. The molecule has 122 valence electrons. The molecule has 4 heteroatoms. The van der Waals surface area contributed by atoms with Crippen LogP contribution < -0.4 is 11.1 Å². The molecule has 0 aliphatic heterocycles. The minimum atomic E-state index is -0.692. The fourth-order valence-corrected chi connectivity index (χ4v) is 3.33. The van der Waals surface area contributed by atoms with E-state index in [9.17, 15) is 4.79 Å². The highest BCUT2D eigenvalue weighted by Gasteiger charge is 2.24. The average molecular weight is 304 g/mol. The van der Waals surface area contributed by atoms with E-state index in [2.05, 4.69) is 17.4 Å². The van der Waals surface area contributed by atoms with Crippen LogP contribution >= 0.6 is 0 Å². The summed E-state index contributed by atoms with van der Waals surface area (Å²) < 4.78 is 5.22. The second-order valence-corrected chi connectivity index (χ2v) is 6.35. The number of ether oxygens (including phenoxy) is 1. The van der Waals surface area contributed by atoms with Crippen molar-refractivity contribution in [2.24, 2.45) is 11.7 Å². The van der Waals surface area contributed by atoms with Crippen molar-refractivity contribution in [3.05, 3.63) is 35.9 Å². The molecule has 1 aromatic rings. The first-order chi connectivity index (χ1) is 10.6. The number of hydrogen-bond donors (Lipinski definition) is 2. The van der Waals surface area contributed by atoms with Gasteiger partial charge < -0.3 is 15.8 Å². The van der Waals surface area contributed by atoms with Crippen LogP contribution in [0, 0.1) is 5.92 Å². The van der Waals surface area contributed by atoms with E-state index in [1.54, 1.807) is 0 Å². The van der Waals surface area contributed by atoms with Crippen LogP contribution in [0.5, 0.6) is 0 Å². The molecule has 1 aliphatic carbocycles. The molecule has 0 bridgehead atoms. The summed E-state index contributed by atoms with van der Waals surface area (Å²) in [5.41, 5.74) is 6.42. The molecule has 0 saturated heterocycles. The molecule has 3 N–H and O–H groups in total. The van der Waals surface area contributed by atoms with Crippen LogP contribution in [0.25, 0.3) is 0 Å². The lowest BCUT2D eigenvalue weighted by molar-refractivity contribution is 0.0814. The minimum Gasteiger partial charge on any atom is -0.445 e. The summed E-state index contributed by atoms with van der Waals surface area (Å²) in [6.45, 7) is 2.71. The van der Waals surface area contributed by atoms with E-state index in [1.807, 2.05) is 25.1 Å². The van der Waals surface area contributed by atoms with Gasteiger partial charge in [-0.05, 0) is 24.8 Å². The van der Waals surface area contributed by atoms with Crippen molar-refractivity contribution in [3.63, 3.8) is 0 Å². The number of primary amides is 1. The normalized spacial score (nSPS) is 18.6. The summed E-state index contributed by atoms with van der Waals surface area (Å²) >= 11 is 0. The van der Waals surface area contributed by atoms with Gasteiger partial charge >= 0.3 is 6.09 Å². The Morgan fingerprint density at radius 1 is 1.27 bits per heavy atom. The highest BCUT2D eigenvalue weighted by Crippen LogP contribution is 2.28. The molecule has 2 atom stereocenters. The van der Waals surface area contributed by atoms with Crippen LogP contribution in [-0.4, -0.2) is 18.2 Å². The van der Waals surface area contributed by atoms with Gasteiger partial charge in [0.25, 0.3) is 0 Å². The third-order valence-electron chi connectivity index (χ3n) is 4.59. The van der Waals surface area contributed by atoms with Crippen LogP contribution in [0.4, 0.5) is 4.79 Å². The maximum atomic E-state index is 11.1. The predicted molar refractivity (Wildman–Crippen MR) is 88.4 cm³/mol. The number of nitrogens with two attached hydrogens (primary N) is 1. The molecule has 2 rings (SSSR count). The van der Waals surface area contributed by atoms with E-state index < -0.39 is 6.09 Å². The average Bonchev–Trinajstić information content (AvgIpc) is 2.52. The van der Waals surface area contributed by atoms with Gasteiger partial charge in [0, 0.05) is 12.6 Å². The molecule has 0 unspecified atom stereocenters. The number of hydrogen-bond acceptors (Lipinski definition) is 3. The van der Waals surface area contributed by atoms with E-state index in [4.69, 9.17) is 10.5 Å². The monoisotopic (exact) mass is 304 g/mol. The van der Waals surface area contributed by atoms with E-state index >= 15 is 0 Å². The van der Waals surface area contributed by atoms with Crippen molar-refractivity contribution >= 4 is 6.09 Å². The Morgan fingerprint density at radius 3 is 2.59 bits per heavy atom. The molecule has 1 saturated carbocycles. The van der Waals surface area contributed by atoms with Crippen LogP contribution in [-0.2, 0) is 11.3 Å². The van der Waals surface area contributed by atoms with Crippen molar-refractivity contribution < 1.29 is 9.53 Å². The van der Waals surface area contributed by atoms with Crippen LogP contribution in [0.15, 0.2) is 30.3 Å². The van der Waals surface area contributed by atoms with Crippen molar-refractivity contribution in [2.45, 2.75) is 64.1 Å². The maximum absolute atomic E-state index is 11.1. The molecule has 0 heterocycles. The summed E-state index contributed by atoms with van der Waals surface area (Å²) in [7, 11) is 0. The van der Waals surface area contributed by atoms with Gasteiger partial charge in [-0.3, -0.25) is 0 Å². The quantitative estimate of drug-likeness (QED) is 0.809. The number of amides is 1. The highest BCUT2D eigenvalue weighted by atomic mass is 16.6. The zero-order chi connectivity index (χ0) is 15.8. The second-order valence-electron chi connectivity index (χ2n) is 6.35. The lowest BCUT2D eigenvalue weighted by Crippen LogP contribution is -2.42. The highest BCUT2D eigenvalue weighted by molar-refractivity contribution is 5.64. The first-order valence-corrected chi connectivity index (χ1v) is 8.38. The third kappa shape index (κ3) is 5.68. The molecule has 1 fully saturated rings. The van der Waals surface area contributed by atoms with Crippen LogP contribution in [0.2, 0.25) is 0 Å². The van der Waals surface area contributed by atoms with Crippen molar-refractivity contribution in [3.8, 4) is 0 Å². The Kier molecular flexibility index (Phi) is 6.72. The molecular weight excluding hydrogens is 276 g/mol. The molecule has 0 aromatic heterocycles. The van der Waals surface area contributed by atoms with Gasteiger partial charge in [-0.15, -0.1) is 0 Å². The van der Waals surface area contributed by atoms with Crippen molar-refractivity contribution in [1.82, 2.24) is 5.32 Å². The van der Waals surface area contributed by atoms with Gasteiger partial charge in [0.05, 0.1) is 0 Å². The van der Waals surface area contributed by atoms with Crippen LogP contribution in [0.3, 0.4) is 0 Å². The van der Waals surface area contributed by atoms with Gasteiger partial charge in [-0.1, -0.05) is 62.4 Å². The smallest absolute Gasteiger partial charge is 0.404 e. The molecule has 1 aliphatic rings. The van der Waals surface area contributed by atoms with E-state index in [0.29, 0.717) is 0 Å². The van der Waals surface area contributed by atoms with E-state index in [0.717, 1.165) is 18.9 Å². The number of carbonyl (C=O) groups excluding carboxylic acids is 1. The van der Waals surface area contributed by atoms with Gasteiger partial charge in [0.2, 0.25) is 0 Å². The van der Waals surface area contributed by atoms with E-state index in [-0.39, 0.29) is 12.1 Å². The number of benzene rings is 1. The molecule has 4 nitrogen and oxygen atoms in total. The SMILES string of the molecule is C[C@H](OC(N)=O)[C@H](CC1CCCCC1)NCc1ccccc1. The number of nitrogens with one attached hydrogen (secondary N) is 1. The maximum Gasteiger partial charge on any atom is 0.404 e. The molecule has 0 spiro atoms. The van der Waals surface area contributed by atoms with Crippen molar-refractivity contribution in [2.75, 3.05) is 0 Å². The zero-order valence-electron chi connectivity index (χ0n) is 13.5. The van der Waals surface area contributed by atoms with Gasteiger partial charge in [-0.2, -0.15) is 0 Å². The summed E-state index contributed by atoms with van der Waals surface area (Å²) in [5.74, 6) is 0.723. The Balaban J connectivity index is 1.92. The fraction of sp³-hybridized carbons (Fsp3) is 0.611. The van der Waals surface area contributed by atoms with Gasteiger partial charge in [0.1, 0.15) is 6.10 Å². The largest absolute Gasteiger partial charge is 0.445 e.